The van der Waals surface area contributed by atoms with Gasteiger partial charge in [-0.25, -0.2) is 4.98 Å². The van der Waals surface area contributed by atoms with Crippen molar-refractivity contribution in [2.45, 2.75) is 32.9 Å². The highest BCUT2D eigenvalue weighted by Gasteiger charge is 2.22. The summed E-state index contributed by atoms with van der Waals surface area (Å²) in [5.41, 5.74) is 3.53. The summed E-state index contributed by atoms with van der Waals surface area (Å²) in [5, 5.41) is 9.43. The Morgan fingerprint density at radius 1 is 1.23 bits per heavy atom. The van der Waals surface area contributed by atoms with Crippen LogP contribution in [-0.4, -0.2) is 63.1 Å². The third-order valence-corrected chi connectivity index (χ3v) is 4.72. The van der Waals surface area contributed by atoms with E-state index in [1.807, 2.05) is 6.20 Å². The Kier molecular flexibility index (Phi) is 4.76. The molecule has 1 aliphatic heterocycles. The zero-order chi connectivity index (χ0) is 15.5. The maximum absolute atomic E-state index is 9.43. The molecule has 1 fully saturated rings. The third-order valence-electron chi connectivity index (χ3n) is 4.72. The van der Waals surface area contributed by atoms with Crippen molar-refractivity contribution in [3.8, 4) is 0 Å². The summed E-state index contributed by atoms with van der Waals surface area (Å²) in [6.45, 7) is 9.64. The molecule has 0 radical (unpaired) electrons. The predicted molar refractivity (Wildman–Crippen MR) is 87.9 cm³/mol. The Morgan fingerprint density at radius 2 is 2.00 bits per heavy atom. The normalized spacial score (nSPS) is 18.9. The van der Waals surface area contributed by atoms with Gasteiger partial charge in [0.05, 0.1) is 18.5 Å². The van der Waals surface area contributed by atoms with E-state index in [2.05, 4.69) is 51.4 Å². The van der Waals surface area contributed by atoms with Gasteiger partial charge in [-0.05, 0) is 25.0 Å². The quantitative estimate of drug-likeness (QED) is 0.910. The summed E-state index contributed by atoms with van der Waals surface area (Å²) >= 11 is 0. The van der Waals surface area contributed by atoms with Gasteiger partial charge in [0.15, 0.2) is 0 Å². The van der Waals surface area contributed by atoms with Crippen LogP contribution in [0.3, 0.4) is 0 Å². The number of imidazole rings is 1. The molecule has 3 heterocycles. The van der Waals surface area contributed by atoms with Crippen molar-refractivity contribution in [3.63, 3.8) is 0 Å². The fraction of sp³-hybridized carbons (Fsp3) is 0.588. The Hall–Kier alpha value is -1.43. The molecule has 5 nitrogen and oxygen atoms in total. The molecule has 2 aromatic heterocycles. The minimum atomic E-state index is 0.267. The first kappa shape index (κ1) is 15.5. The van der Waals surface area contributed by atoms with Gasteiger partial charge in [-0.15, -0.1) is 0 Å². The SMILES string of the molecule is CCC(CO)N1CCN(Cc2cnc3ccc(C)cn23)CC1. The maximum atomic E-state index is 9.43. The molecule has 3 rings (SSSR count). The van der Waals surface area contributed by atoms with Crippen molar-refractivity contribution in [2.24, 2.45) is 0 Å². The molecule has 0 spiro atoms. The van der Waals surface area contributed by atoms with E-state index in [0.717, 1.165) is 44.8 Å². The molecule has 1 N–H and O–H groups in total. The Morgan fingerprint density at radius 3 is 2.68 bits per heavy atom. The van der Waals surface area contributed by atoms with Crippen molar-refractivity contribution in [2.75, 3.05) is 32.8 Å². The minimum Gasteiger partial charge on any atom is -0.395 e. The molecule has 1 unspecified atom stereocenters. The van der Waals surface area contributed by atoms with Crippen LogP contribution in [0.2, 0.25) is 0 Å². The number of aromatic nitrogens is 2. The lowest BCUT2D eigenvalue weighted by atomic mass is 10.1. The average Bonchev–Trinajstić information content (AvgIpc) is 2.92. The van der Waals surface area contributed by atoms with E-state index in [9.17, 15) is 5.11 Å². The van der Waals surface area contributed by atoms with Crippen molar-refractivity contribution in [1.29, 1.82) is 0 Å². The highest BCUT2D eigenvalue weighted by atomic mass is 16.3. The van der Waals surface area contributed by atoms with E-state index in [1.165, 1.54) is 11.3 Å². The fourth-order valence-corrected chi connectivity index (χ4v) is 3.27. The molecule has 120 valence electrons. The standard InChI is InChI=1S/C17H26N4O/c1-3-15(13-22)20-8-6-19(7-9-20)12-16-10-18-17-5-4-14(2)11-21(16)17/h4-5,10-11,15,22H,3,6-9,12-13H2,1-2H3. The topological polar surface area (TPSA) is 44.0 Å². The van der Waals surface area contributed by atoms with E-state index in [1.54, 1.807) is 0 Å². The zero-order valence-electron chi connectivity index (χ0n) is 13.6. The molecule has 0 saturated carbocycles. The van der Waals surface area contributed by atoms with Crippen LogP contribution in [0.4, 0.5) is 0 Å². The van der Waals surface area contributed by atoms with Crippen LogP contribution in [0.5, 0.6) is 0 Å². The van der Waals surface area contributed by atoms with Crippen LogP contribution in [0.25, 0.3) is 5.65 Å². The number of aliphatic hydroxyl groups is 1. The Labute approximate surface area is 132 Å². The molecule has 1 aliphatic rings. The summed E-state index contributed by atoms with van der Waals surface area (Å²) < 4.78 is 2.20. The van der Waals surface area contributed by atoms with E-state index in [0.29, 0.717) is 6.04 Å². The molecule has 0 aromatic carbocycles. The van der Waals surface area contributed by atoms with Crippen LogP contribution in [-0.2, 0) is 6.54 Å². The van der Waals surface area contributed by atoms with Gasteiger partial charge in [0, 0.05) is 45.0 Å². The largest absolute Gasteiger partial charge is 0.395 e. The van der Waals surface area contributed by atoms with Crippen LogP contribution in [0, 0.1) is 6.92 Å². The fourth-order valence-electron chi connectivity index (χ4n) is 3.27. The first-order chi connectivity index (χ1) is 10.7. The van der Waals surface area contributed by atoms with E-state index >= 15 is 0 Å². The first-order valence-corrected chi connectivity index (χ1v) is 8.21. The van der Waals surface area contributed by atoms with E-state index < -0.39 is 0 Å². The Balaban J connectivity index is 1.63. The van der Waals surface area contributed by atoms with E-state index in [4.69, 9.17) is 0 Å². The first-order valence-electron chi connectivity index (χ1n) is 8.21. The summed E-state index contributed by atoms with van der Waals surface area (Å²) in [5.74, 6) is 0. The van der Waals surface area contributed by atoms with Gasteiger partial charge in [-0.3, -0.25) is 9.80 Å². The molecule has 1 atom stereocenters. The average molecular weight is 302 g/mol. The minimum absolute atomic E-state index is 0.267. The number of aliphatic hydroxyl groups excluding tert-OH is 1. The highest BCUT2D eigenvalue weighted by Crippen LogP contribution is 2.14. The van der Waals surface area contributed by atoms with Gasteiger partial charge >= 0.3 is 0 Å². The highest BCUT2D eigenvalue weighted by molar-refractivity contribution is 5.41. The zero-order valence-corrected chi connectivity index (χ0v) is 13.6. The van der Waals surface area contributed by atoms with Gasteiger partial charge in [0.2, 0.25) is 0 Å². The number of rotatable bonds is 5. The van der Waals surface area contributed by atoms with Crippen molar-refractivity contribution >= 4 is 5.65 Å². The Bertz CT molecular complexity index is 612. The molecule has 1 saturated heterocycles. The summed E-state index contributed by atoms with van der Waals surface area (Å²) in [6.07, 6.45) is 5.17. The predicted octanol–water partition coefficient (Wildman–Crippen LogP) is 1.53. The number of piperazine rings is 1. The van der Waals surface area contributed by atoms with Crippen molar-refractivity contribution in [1.82, 2.24) is 19.2 Å². The van der Waals surface area contributed by atoms with Gasteiger partial charge in [-0.2, -0.15) is 0 Å². The number of fused-ring (bicyclic) bond motifs is 1. The lowest BCUT2D eigenvalue weighted by Gasteiger charge is -2.38. The van der Waals surface area contributed by atoms with E-state index in [-0.39, 0.29) is 6.61 Å². The number of nitrogens with zero attached hydrogens (tertiary/aromatic N) is 4. The van der Waals surface area contributed by atoms with Crippen LogP contribution in [0.15, 0.2) is 24.5 Å². The second-order valence-electron chi connectivity index (χ2n) is 6.24. The van der Waals surface area contributed by atoms with Crippen LogP contribution >= 0.6 is 0 Å². The lowest BCUT2D eigenvalue weighted by Crippen LogP contribution is -2.50. The number of aryl methyl sites for hydroxylation is 1. The van der Waals surface area contributed by atoms with Crippen molar-refractivity contribution in [3.05, 3.63) is 35.8 Å². The molecule has 22 heavy (non-hydrogen) atoms. The van der Waals surface area contributed by atoms with Gasteiger partial charge in [0.25, 0.3) is 0 Å². The molecular weight excluding hydrogens is 276 g/mol. The second-order valence-corrected chi connectivity index (χ2v) is 6.24. The molecule has 0 bridgehead atoms. The van der Waals surface area contributed by atoms with Crippen LogP contribution < -0.4 is 0 Å². The molecule has 2 aromatic rings. The molecular formula is C17H26N4O. The molecule has 0 aliphatic carbocycles. The van der Waals surface area contributed by atoms with Gasteiger partial charge in [-0.1, -0.05) is 13.0 Å². The van der Waals surface area contributed by atoms with Gasteiger partial charge < -0.3 is 9.51 Å². The lowest BCUT2D eigenvalue weighted by molar-refractivity contribution is 0.0603. The maximum Gasteiger partial charge on any atom is 0.136 e. The smallest absolute Gasteiger partial charge is 0.136 e. The number of hydrogen-bond donors (Lipinski definition) is 1. The number of hydrogen-bond acceptors (Lipinski definition) is 4. The second kappa shape index (κ2) is 6.77. The van der Waals surface area contributed by atoms with Gasteiger partial charge in [0.1, 0.15) is 5.65 Å². The summed E-state index contributed by atoms with van der Waals surface area (Å²) in [6, 6.07) is 4.50. The molecule has 5 heteroatoms. The monoisotopic (exact) mass is 302 g/mol. The van der Waals surface area contributed by atoms with Crippen molar-refractivity contribution < 1.29 is 5.11 Å². The summed E-state index contributed by atoms with van der Waals surface area (Å²) in [4.78, 5) is 9.38. The van der Waals surface area contributed by atoms with Crippen LogP contribution in [0.1, 0.15) is 24.6 Å². The molecule has 0 amide bonds. The third kappa shape index (κ3) is 3.16. The number of pyridine rings is 1. The summed E-state index contributed by atoms with van der Waals surface area (Å²) in [7, 11) is 0.